The van der Waals surface area contributed by atoms with Crippen LogP contribution in [0.1, 0.15) is 17.8 Å². The Morgan fingerprint density at radius 2 is 1.85 bits per heavy atom. The summed E-state index contributed by atoms with van der Waals surface area (Å²) >= 11 is 0. The average Bonchev–Trinajstić information content (AvgIpc) is 3.18. The molecule has 0 aliphatic carbocycles. The van der Waals surface area contributed by atoms with Gasteiger partial charge in [0.1, 0.15) is 17.0 Å². The SMILES string of the molecule is Cc1nc2c(cnn2-c2ccccc2)c(=O)n1CCC(=O)Nc1ccc(F)c(C(F)(F)F)c1. The number of carbonyl (C=O) groups excluding carboxylic acids is 1. The molecule has 0 bridgehead atoms. The summed E-state index contributed by atoms with van der Waals surface area (Å²) < 4.78 is 54.8. The van der Waals surface area contributed by atoms with Crippen molar-refractivity contribution < 1.29 is 22.4 Å². The van der Waals surface area contributed by atoms with E-state index in [4.69, 9.17) is 0 Å². The van der Waals surface area contributed by atoms with Gasteiger partial charge in [-0.3, -0.25) is 14.2 Å². The van der Waals surface area contributed by atoms with E-state index in [9.17, 15) is 27.2 Å². The maximum absolute atomic E-state index is 13.4. The van der Waals surface area contributed by atoms with Crippen LogP contribution in [0.25, 0.3) is 16.7 Å². The van der Waals surface area contributed by atoms with Crippen molar-refractivity contribution in [2.75, 3.05) is 5.32 Å². The number of para-hydroxylation sites is 1. The van der Waals surface area contributed by atoms with Crippen molar-refractivity contribution in [1.82, 2.24) is 19.3 Å². The number of amides is 1. The molecule has 0 saturated heterocycles. The van der Waals surface area contributed by atoms with Crippen LogP contribution in [0.2, 0.25) is 0 Å². The third-order valence-corrected chi connectivity index (χ3v) is 5.00. The summed E-state index contributed by atoms with van der Waals surface area (Å²) in [7, 11) is 0. The van der Waals surface area contributed by atoms with Crippen molar-refractivity contribution in [2.24, 2.45) is 0 Å². The zero-order chi connectivity index (χ0) is 23.8. The number of benzene rings is 2. The van der Waals surface area contributed by atoms with E-state index in [1.165, 1.54) is 15.4 Å². The van der Waals surface area contributed by atoms with Crippen molar-refractivity contribution >= 4 is 22.6 Å². The molecular weight excluding hydrogens is 442 g/mol. The number of nitrogens with zero attached hydrogens (tertiary/aromatic N) is 4. The van der Waals surface area contributed by atoms with Crippen LogP contribution in [0.15, 0.2) is 59.5 Å². The summed E-state index contributed by atoms with van der Waals surface area (Å²) in [5.74, 6) is -1.72. The van der Waals surface area contributed by atoms with Crippen LogP contribution < -0.4 is 10.9 Å². The predicted molar refractivity (Wildman–Crippen MR) is 113 cm³/mol. The van der Waals surface area contributed by atoms with Crippen molar-refractivity contribution in [3.8, 4) is 5.69 Å². The van der Waals surface area contributed by atoms with E-state index in [1.807, 2.05) is 30.3 Å². The first kappa shape index (κ1) is 22.2. The topological polar surface area (TPSA) is 81.8 Å². The van der Waals surface area contributed by atoms with E-state index >= 15 is 0 Å². The van der Waals surface area contributed by atoms with Gasteiger partial charge in [0, 0.05) is 18.7 Å². The summed E-state index contributed by atoms with van der Waals surface area (Å²) in [6.07, 6.45) is -3.70. The molecule has 2 aromatic carbocycles. The molecule has 2 aromatic heterocycles. The lowest BCUT2D eigenvalue weighted by Gasteiger charge is -2.12. The van der Waals surface area contributed by atoms with Crippen LogP contribution in [0, 0.1) is 12.7 Å². The highest BCUT2D eigenvalue weighted by molar-refractivity contribution is 5.90. The van der Waals surface area contributed by atoms with E-state index in [0.29, 0.717) is 23.6 Å². The first-order valence-corrected chi connectivity index (χ1v) is 9.82. The number of halogens is 4. The molecule has 0 aliphatic heterocycles. The minimum absolute atomic E-state index is 0.0523. The molecule has 1 amide bonds. The van der Waals surface area contributed by atoms with E-state index in [-0.39, 0.29) is 24.0 Å². The summed E-state index contributed by atoms with van der Waals surface area (Å²) in [5, 5.41) is 6.79. The molecule has 0 spiro atoms. The molecule has 0 atom stereocenters. The van der Waals surface area contributed by atoms with Gasteiger partial charge in [-0.25, -0.2) is 14.1 Å². The first-order chi connectivity index (χ1) is 15.6. The summed E-state index contributed by atoms with van der Waals surface area (Å²) in [4.78, 5) is 29.6. The fraction of sp³-hybridized carbons (Fsp3) is 0.182. The summed E-state index contributed by atoms with van der Waals surface area (Å²) in [6, 6.07) is 11.3. The Labute approximate surface area is 184 Å². The molecule has 0 aliphatic rings. The second kappa shape index (κ2) is 8.49. The van der Waals surface area contributed by atoms with Crippen molar-refractivity contribution in [3.05, 3.63) is 82.3 Å². The number of alkyl halides is 3. The van der Waals surface area contributed by atoms with Crippen LogP contribution in [0.3, 0.4) is 0 Å². The van der Waals surface area contributed by atoms with Gasteiger partial charge in [0.25, 0.3) is 5.56 Å². The standard InChI is InChI=1S/C22H17F4N5O2/c1-13-28-20-16(12-27-31(20)15-5-3-2-4-6-15)21(33)30(13)10-9-19(32)29-14-7-8-18(23)17(11-14)22(24,25)26/h2-8,11-12H,9-10H2,1H3,(H,29,32). The van der Waals surface area contributed by atoms with E-state index in [1.54, 1.807) is 6.92 Å². The smallest absolute Gasteiger partial charge is 0.326 e. The zero-order valence-electron chi connectivity index (χ0n) is 17.2. The van der Waals surface area contributed by atoms with E-state index in [2.05, 4.69) is 15.4 Å². The monoisotopic (exact) mass is 459 g/mol. The number of anilines is 1. The summed E-state index contributed by atoms with van der Waals surface area (Å²) in [6.45, 7) is 1.56. The Kier molecular flexibility index (Phi) is 5.71. The number of hydrogen-bond donors (Lipinski definition) is 1. The lowest BCUT2D eigenvalue weighted by molar-refractivity contribution is -0.140. The van der Waals surface area contributed by atoms with Crippen molar-refractivity contribution in [2.45, 2.75) is 26.1 Å². The maximum atomic E-state index is 13.4. The highest BCUT2D eigenvalue weighted by atomic mass is 19.4. The molecule has 2 heterocycles. The van der Waals surface area contributed by atoms with Gasteiger partial charge in [0.05, 0.1) is 17.4 Å². The Morgan fingerprint density at radius 3 is 2.55 bits per heavy atom. The van der Waals surface area contributed by atoms with E-state index < -0.39 is 29.0 Å². The average molecular weight is 459 g/mol. The Bertz CT molecular complexity index is 1390. The van der Waals surface area contributed by atoms with Crippen molar-refractivity contribution in [3.63, 3.8) is 0 Å². The number of hydrogen-bond acceptors (Lipinski definition) is 4. The third kappa shape index (κ3) is 4.47. The molecule has 11 heteroatoms. The molecule has 33 heavy (non-hydrogen) atoms. The Hall–Kier alpha value is -4.02. The second-order valence-electron chi connectivity index (χ2n) is 7.24. The summed E-state index contributed by atoms with van der Waals surface area (Å²) in [5.41, 5.74) is -0.967. The van der Waals surface area contributed by atoms with Crippen LogP contribution in [-0.4, -0.2) is 25.2 Å². The number of aryl methyl sites for hydroxylation is 1. The molecule has 1 N–H and O–H groups in total. The lowest BCUT2D eigenvalue weighted by Crippen LogP contribution is -2.26. The predicted octanol–water partition coefficient (Wildman–Crippen LogP) is 4.08. The molecule has 0 saturated carbocycles. The molecular formula is C22H17F4N5O2. The largest absolute Gasteiger partial charge is 0.419 e. The van der Waals surface area contributed by atoms with Crippen LogP contribution in [0.5, 0.6) is 0 Å². The lowest BCUT2D eigenvalue weighted by atomic mass is 10.1. The Morgan fingerprint density at radius 1 is 1.12 bits per heavy atom. The number of carbonyl (C=O) groups is 1. The second-order valence-corrected chi connectivity index (χ2v) is 7.24. The fourth-order valence-corrected chi connectivity index (χ4v) is 3.39. The highest BCUT2D eigenvalue weighted by Crippen LogP contribution is 2.33. The maximum Gasteiger partial charge on any atom is 0.419 e. The van der Waals surface area contributed by atoms with Gasteiger partial charge in [-0.05, 0) is 37.3 Å². The highest BCUT2D eigenvalue weighted by Gasteiger charge is 2.34. The van der Waals surface area contributed by atoms with Gasteiger partial charge >= 0.3 is 6.18 Å². The zero-order valence-corrected chi connectivity index (χ0v) is 17.2. The number of fused-ring (bicyclic) bond motifs is 1. The van der Waals surface area contributed by atoms with Crippen LogP contribution in [0.4, 0.5) is 23.2 Å². The van der Waals surface area contributed by atoms with Gasteiger partial charge in [-0.2, -0.15) is 18.3 Å². The minimum atomic E-state index is -4.89. The Balaban J connectivity index is 1.53. The normalized spacial score (nSPS) is 11.7. The van der Waals surface area contributed by atoms with Gasteiger partial charge < -0.3 is 5.32 Å². The molecule has 0 radical (unpaired) electrons. The molecule has 170 valence electrons. The molecule has 0 unspecified atom stereocenters. The van der Waals surface area contributed by atoms with Gasteiger partial charge in [-0.1, -0.05) is 18.2 Å². The molecule has 4 rings (SSSR count). The van der Waals surface area contributed by atoms with Gasteiger partial charge in [-0.15, -0.1) is 0 Å². The number of nitrogens with one attached hydrogen (secondary N) is 1. The minimum Gasteiger partial charge on any atom is -0.326 e. The van der Waals surface area contributed by atoms with Crippen LogP contribution in [-0.2, 0) is 17.5 Å². The van der Waals surface area contributed by atoms with E-state index in [0.717, 1.165) is 11.8 Å². The number of rotatable bonds is 5. The van der Waals surface area contributed by atoms with Crippen LogP contribution >= 0.6 is 0 Å². The van der Waals surface area contributed by atoms with Gasteiger partial charge in [0.15, 0.2) is 5.65 Å². The quantitative estimate of drug-likeness (QED) is 0.456. The number of aromatic nitrogens is 4. The third-order valence-electron chi connectivity index (χ3n) is 5.00. The fourth-order valence-electron chi connectivity index (χ4n) is 3.39. The first-order valence-electron chi connectivity index (χ1n) is 9.82. The molecule has 0 fully saturated rings. The van der Waals surface area contributed by atoms with Gasteiger partial charge in [0.2, 0.25) is 5.91 Å². The molecule has 4 aromatic rings. The van der Waals surface area contributed by atoms with Crippen molar-refractivity contribution in [1.29, 1.82) is 0 Å². The molecule has 7 nitrogen and oxygen atoms in total.